The predicted molar refractivity (Wildman–Crippen MR) is 56.2 cm³/mol. The minimum absolute atomic E-state index is 0.0828. The Kier molecular flexibility index (Phi) is 6.36. The molecule has 0 aliphatic carbocycles. The molecule has 0 aliphatic heterocycles. The first kappa shape index (κ1) is 12.3. The number of benzene rings is 1. The highest BCUT2D eigenvalue weighted by Crippen LogP contribution is 2.23. The van der Waals surface area contributed by atoms with E-state index < -0.39 is 4.92 Å². The van der Waals surface area contributed by atoms with Crippen LogP contribution in [0.3, 0.4) is 0 Å². The maximum Gasteiger partial charge on any atom is 0.269 e. The largest absolute Gasteiger partial charge is 0.269 e. The Morgan fingerprint density at radius 3 is 2.08 bits per heavy atom. The molecule has 1 aromatic rings. The van der Waals surface area contributed by atoms with Crippen LogP contribution in [0.2, 0.25) is 0 Å². The van der Waals surface area contributed by atoms with Crippen LogP contribution in [-0.4, -0.2) is 4.92 Å². The molecule has 72 valence electrons. The van der Waals surface area contributed by atoms with Gasteiger partial charge in [0.05, 0.1) is 4.92 Å². The molecule has 0 radical (unpaired) electrons. The van der Waals surface area contributed by atoms with E-state index in [1.54, 1.807) is 12.1 Å². The van der Waals surface area contributed by atoms with Crippen molar-refractivity contribution in [3.8, 4) is 0 Å². The molecule has 0 unspecified atom stereocenters. The topological polar surface area (TPSA) is 43.1 Å². The lowest BCUT2D eigenvalue weighted by Gasteiger charge is -1.91. The van der Waals surface area contributed by atoms with Crippen LogP contribution >= 0.6 is 21.7 Å². The molecule has 0 saturated carbocycles. The third kappa shape index (κ3) is 4.15. The number of nitro benzene ring substituents is 1. The summed E-state index contributed by atoms with van der Waals surface area (Å²) in [6.45, 7) is 4.00. The molecule has 5 heteroatoms. The van der Waals surface area contributed by atoms with E-state index in [1.807, 2.05) is 13.8 Å². The molecule has 0 N–H and O–H groups in total. The highest BCUT2D eigenvalue weighted by Gasteiger charge is 2.02. The van der Waals surface area contributed by atoms with Crippen LogP contribution in [0, 0.1) is 10.1 Å². The molecule has 0 heterocycles. The summed E-state index contributed by atoms with van der Waals surface area (Å²) in [6.07, 6.45) is 0. The summed E-state index contributed by atoms with van der Waals surface area (Å²) >= 11 is 0. The molecule has 1 rings (SSSR count). The van der Waals surface area contributed by atoms with Crippen LogP contribution < -0.4 is 0 Å². The zero-order chi connectivity index (χ0) is 10.3. The van der Waals surface area contributed by atoms with Gasteiger partial charge < -0.3 is 0 Å². The van der Waals surface area contributed by atoms with Gasteiger partial charge in [-0.2, -0.15) is 0 Å². The molecular formula is C8H10ClNO2S. The SMILES string of the molecule is CC.O=[N+]([O-])c1ccc(SCl)cc1. The molecule has 0 amide bonds. The minimum atomic E-state index is -0.442. The van der Waals surface area contributed by atoms with E-state index in [9.17, 15) is 10.1 Å². The van der Waals surface area contributed by atoms with Crippen LogP contribution in [0.15, 0.2) is 29.2 Å². The number of non-ortho nitro benzene ring substituents is 1. The Balaban J connectivity index is 0.000000671. The molecule has 3 nitrogen and oxygen atoms in total. The van der Waals surface area contributed by atoms with Gasteiger partial charge >= 0.3 is 0 Å². The quantitative estimate of drug-likeness (QED) is 0.560. The van der Waals surface area contributed by atoms with Crippen molar-refractivity contribution in [1.29, 1.82) is 0 Å². The lowest BCUT2D eigenvalue weighted by molar-refractivity contribution is -0.384. The van der Waals surface area contributed by atoms with Gasteiger partial charge in [-0.15, -0.1) is 0 Å². The second kappa shape index (κ2) is 6.74. The number of hydrogen-bond donors (Lipinski definition) is 0. The van der Waals surface area contributed by atoms with Gasteiger partial charge in [0.1, 0.15) is 0 Å². The van der Waals surface area contributed by atoms with Crippen molar-refractivity contribution in [2.45, 2.75) is 18.7 Å². The Morgan fingerprint density at radius 1 is 1.31 bits per heavy atom. The number of nitrogens with zero attached hydrogens (tertiary/aromatic N) is 1. The monoisotopic (exact) mass is 219 g/mol. The molecule has 0 fully saturated rings. The van der Waals surface area contributed by atoms with Crippen molar-refractivity contribution in [2.24, 2.45) is 0 Å². The molecule has 13 heavy (non-hydrogen) atoms. The average molecular weight is 220 g/mol. The summed E-state index contributed by atoms with van der Waals surface area (Å²) in [5.41, 5.74) is 0.0828. The van der Waals surface area contributed by atoms with Gasteiger partial charge in [0.25, 0.3) is 5.69 Å². The second-order valence-electron chi connectivity index (χ2n) is 1.83. The zero-order valence-electron chi connectivity index (χ0n) is 7.36. The molecule has 0 spiro atoms. The van der Waals surface area contributed by atoms with E-state index in [0.29, 0.717) is 0 Å². The van der Waals surface area contributed by atoms with E-state index in [2.05, 4.69) is 0 Å². The van der Waals surface area contributed by atoms with Crippen LogP contribution in [0.25, 0.3) is 0 Å². The van der Waals surface area contributed by atoms with Crippen molar-refractivity contribution >= 4 is 27.3 Å². The lowest BCUT2D eigenvalue weighted by Crippen LogP contribution is -1.85. The lowest BCUT2D eigenvalue weighted by atomic mass is 10.3. The molecule has 0 saturated heterocycles. The fourth-order valence-electron chi connectivity index (χ4n) is 0.619. The van der Waals surface area contributed by atoms with Gasteiger partial charge in [-0.3, -0.25) is 10.1 Å². The zero-order valence-corrected chi connectivity index (χ0v) is 8.93. The fraction of sp³-hybridized carbons (Fsp3) is 0.250. The average Bonchev–Trinajstić information content (AvgIpc) is 2.21. The smallest absolute Gasteiger partial charge is 0.258 e. The van der Waals surface area contributed by atoms with Gasteiger partial charge in [0.2, 0.25) is 0 Å². The van der Waals surface area contributed by atoms with Crippen LogP contribution in [0.5, 0.6) is 0 Å². The van der Waals surface area contributed by atoms with E-state index >= 15 is 0 Å². The van der Waals surface area contributed by atoms with Crippen molar-refractivity contribution in [1.82, 2.24) is 0 Å². The maximum atomic E-state index is 10.2. The first-order valence-corrected chi connectivity index (χ1v) is 5.41. The summed E-state index contributed by atoms with van der Waals surface area (Å²) < 4.78 is 0. The Bertz CT molecular complexity index is 263. The standard InChI is InChI=1S/C6H4ClNO2S.C2H6/c7-11-6-3-1-5(2-4-6)8(9)10;1-2/h1-4H;1-2H3. The first-order chi connectivity index (χ1) is 6.24. The highest BCUT2D eigenvalue weighted by molar-refractivity contribution is 8.21. The van der Waals surface area contributed by atoms with Gasteiger partial charge in [0.15, 0.2) is 0 Å². The summed E-state index contributed by atoms with van der Waals surface area (Å²) in [5, 5.41) is 10.2. The van der Waals surface area contributed by atoms with Gasteiger partial charge in [-0.25, -0.2) is 0 Å². The maximum absolute atomic E-state index is 10.2. The van der Waals surface area contributed by atoms with E-state index in [1.165, 1.54) is 12.1 Å². The van der Waals surface area contributed by atoms with Crippen molar-refractivity contribution < 1.29 is 4.92 Å². The summed E-state index contributed by atoms with van der Waals surface area (Å²) in [4.78, 5) is 10.5. The van der Waals surface area contributed by atoms with E-state index in [0.717, 1.165) is 15.9 Å². The molecule has 0 atom stereocenters. The van der Waals surface area contributed by atoms with Crippen LogP contribution in [-0.2, 0) is 0 Å². The van der Waals surface area contributed by atoms with Crippen molar-refractivity contribution in [2.75, 3.05) is 0 Å². The summed E-state index contributed by atoms with van der Waals surface area (Å²) in [5.74, 6) is 0. The van der Waals surface area contributed by atoms with Crippen molar-refractivity contribution in [3.05, 3.63) is 34.4 Å². The predicted octanol–water partition coefficient (Wildman–Crippen LogP) is 3.87. The van der Waals surface area contributed by atoms with Crippen LogP contribution in [0.4, 0.5) is 5.69 Å². The van der Waals surface area contributed by atoms with Crippen molar-refractivity contribution in [3.63, 3.8) is 0 Å². The molecule has 1 aromatic carbocycles. The van der Waals surface area contributed by atoms with E-state index in [-0.39, 0.29) is 5.69 Å². The number of hydrogen-bond acceptors (Lipinski definition) is 3. The normalized spacial score (nSPS) is 8.54. The minimum Gasteiger partial charge on any atom is -0.258 e. The first-order valence-electron chi connectivity index (χ1n) is 3.77. The molecule has 0 aliphatic rings. The van der Waals surface area contributed by atoms with Gasteiger partial charge in [-0.1, -0.05) is 13.8 Å². The third-order valence-electron chi connectivity index (χ3n) is 1.14. The molecule has 0 aromatic heterocycles. The van der Waals surface area contributed by atoms with Gasteiger partial charge in [0, 0.05) is 17.0 Å². The third-order valence-corrected chi connectivity index (χ3v) is 2.12. The number of rotatable bonds is 2. The second-order valence-corrected chi connectivity index (χ2v) is 2.92. The fourth-order valence-corrected chi connectivity index (χ4v) is 1.17. The van der Waals surface area contributed by atoms with Crippen LogP contribution in [0.1, 0.15) is 13.8 Å². The highest BCUT2D eigenvalue weighted by atomic mass is 35.7. The molecule has 0 bridgehead atoms. The Hall–Kier alpha value is -0.740. The Labute approximate surface area is 85.8 Å². The molecular weight excluding hydrogens is 210 g/mol. The Morgan fingerprint density at radius 2 is 1.77 bits per heavy atom. The van der Waals surface area contributed by atoms with Gasteiger partial charge in [-0.05, 0) is 33.8 Å². The van der Waals surface area contributed by atoms with E-state index in [4.69, 9.17) is 10.7 Å². The summed E-state index contributed by atoms with van der Waals surface area (Å²) in [6, 6.07) is 6.06. The number of nitro groups is 1. The summed E-state index contributed by atoms with van der Waals surface area (Å²) in [7, 11) is 6.44. The number of halogens is 1.